The molecule has 1 N–H and O–H groups in total. The number of hydrogen-bond donors (Lipinski definition) is 1. The van der Waals surface area contributed by atoms with Crippen molar-refractivity contribution in [2.45, 2.75) is 26.3 Å². The molecule has 0 atom stereocenters. The summed E-state index contributed by atoms with van der Waals surface area (Å²) in [4.78, 5) is 0. The molecule has 0 radical (unpaired) electrons. The molecule has 16 heavy (non-hydrogen) atoms. The molecule has 0 spiro atoms. The van der Waals surface area contributed by atoms with Crippen LogP contribution in [0.3, 0.4) is 0 Å². The summed E-state index contributed by atoms with van der Waals surface area (Å²) in [6.45, 7) is 1.94. The van der Waals surface area contributed by atoms with Gasteiger partial charge in [0, 0.05) is 12.1 Å². The first-order valence-corrected chi connectivity index (χ1v) is 6.91. The number of halogens is 1. The number of hydrogen-bond acceptors (Lipinski definition) is 2. The highest BCUT2D eigenvalue weighted by Gasteiger charge is 2.10. The van der Waals surface area contributed by atoms with Crippen LogP contribution in [0.5, 0.6) is 0 Å². The maximum absolute atomic E-state index is 13.2. The van der Waals surface area contributed by atoms with E-state index >= 15 is 0 Å². The summed E-state index contributed by atoms with van der Waals surface area (Å²) in [5.74, 6) is -0.293. The molecule has 1 aromatic carbocycles. The Kier molecular flexibility index (Phi) is 4.89. The zero-order valence-electron chi connectivity index (χ0n) is 9.24. The van der Waals surface area contributed by atoms with E-state index in [9.17, 15) is 12.8 Å². The molecule has 0 fully saturated rings. The van der Waals surface area contributed by atoms with Crippen LogP contribution in [-0.2, 0) is 16.6 Å². The molecule has 0 unspecified atom stereocenters. The standard InChI is InChI=1S/C11H16FNO2S/c1-2-3-8-16(14,15)13-9-10-6-4-5-7-11(10)12/h4-7,13H,2-3,8-9H2,1H3. The van der Waals surface area contributed by atoms with Gasteiger partial charge >= 0.3 is 0 Å². The highest BCUT2D eigenvalue weighted by Crippen LogP contribution is 2.06. The molecule has 0 heterocycles. The first kappa shape index (κ1) is 13.1. The van der Waals surface area contributed by atoms with E-state index in [4.69, 9.17) is 0 Å². The van der Waals surface area contributed by atoms with Crippen LogP contribution < -0.4 is 4.72 Å². The van der Waals surface area contributed by atoms with Crippen molar-refractivity contribution in [3.8, 4) is 0 Å². The summed E-state index contributed by atoms with van der Waals surface area (Å²) in [5, 5.41) is 0. The summed E-state index contributed by atoms with van der Waals surface area (Å²) in [5.41, 5.74) is 0.363. The fraction of sp³-hybridized carbons (Fsp3) is 0.455. The molecule has 0 aliphatic carbocycles. The fourth-order valence-electron chi connectivity index (χ4n) is 1.24. The van der Waals surface area contributed by atoms with Crippen LogP contribution in [0.15, 0.2) is 24.3 Å². The highest BCUT2D eigenvalue weighted by atomic mass is 32.2. The number of sulfonamides is 1. The second-order valence-electron chi connectivity index (χ2n) is 3.58. The van der Waals surface area contributed by atoms with E-state index in [1.165, 1.54) is 6.07 Å². The van der Waals surface area contributed by atoms with E-state index in [-0.39, 0.29) is 18.1 Å². The minimum atomic E-state index is -3.28. The van der Waals surface area contributed by atoms with Crippen molar-refractivity contribution in [1.82, 2.24) is 4.72 Å². The Balaban J connectivity index is 2.55. The van der Waals surface area contributed by atoms with Gasteiger partial charge in [0.25, 0.3) is 0 Å². The second kappa shape index (κ2) is 5.96. The van der Waals surface area contributed by atoms with Crippen molar-refractivity contribution in [2.24, 2.45) is 0 Å². The molecular weight excluding hydrogens is 229 g/mol. The molecule has 0 aliphatic heterocycles. The summed E-state index contributed by atoms with van der Waals surface area (Å²) in [7, 11) is -3.28. The number of rotatable bonds is 6. The maximum atomic E-state index is 13.2. The summed E-state index contributed by atoms with van der Waals surface area (Å²) in [6, 6.07) is 6.14. The Labute approximate surface area is 95.7 Å². The number of unbranched alkanes of at least 4 members (excludes halogenated alkanes) is 1. The summed E-state index contributed by atoms with van der Waals surface area (Å²) >= 11 is 0. The lowest BCUT2D eigenvalue weighted by Gasteiger charge is -2.06. The number of nitrogens with one attached hydrogen (secondary N) is 1. The molecule has 3 nitrogen and oxygen atoms in total. The molecule has 0 amide bonds. The topological polar surface area (TPSA) is 46.2 Å². The van der Waals surface area contributed by atoms with E-state index < -0.39 is 10.0 Å². The predicted octanol–water partition coefficient (Wildman–Crippen LogP) is 2.05. The molecule has 0 saturated heterocycles. The second-order valence-corrected chi connectivity index (χ2v) is 5.51. The lowest BCUT2D eigenvalue weighted by Crippen LogP contribution is -2.26. The van der Waals surface area contributed by atoms with Gasteiger partial charge in [-0.3, -0.25) is 0 Å². The van der Waals surface area contributed by atoms with E-state index in [1.54, 1.807) is 18.2 Å². The molecule has 0 aliphatic rings. The van der Waals surface area contributed by atoms with Crippen molar-refractivity contribution in [3.05, 3.63) is 35.6 Å². The molecule has 1 aromatic rings. The summed E-state index contributed by atoms with van der Waals surface area (Å²) in [6.07, 6.45) is 1.44. The molecule has 0 aromatic heterocycles. The van der Waals surface area contributed by atoms with Gasteiger partial charge in [0.2, 0.25) is 10.0 Å². The lowest BCUT2D eigenvalue weighted by molar-refractivity contribution is 0.571. The minimum absolute atomic E-state index is 0.0126. The zero-order valence-corrected chi connectivity index (χ0v) is 10.1. The van der Waals surface area contributed by atoms with Crippen LogP contribution in [0.2, 0.25) is 0 Å². The largest absolute Gasteiger partial charge is 0.212 e. The Morgan fingerprint density at radius 3 is 2.62 bits per heavy atom. The van der Waals surface area contributed by atoms with Gasteiger partial charge in [-0.25, -0.2) is 17.5 Å². The Hall–Kier alpha value is -0.940. The van der Waals surface area contributed by atoms with E-state index in [0.717, 1.165) is 6.42 Å². The SMILES string of the molecule is CCCCS(=O)(=O)NCc1ccccc1F. The van der Waals surface area contributed by atoms with E-state index in [0.29, 0.717) is 12.0 Å². The van der Waals surface area contributed by atoms with Crippen LogP contribution in [-0.4, -0.2) is 14.2 Å². The van der Waals surface area contributed by atoms with Crippen LogP contribution in [0.1, 0.15) is 25.3 Å². The van der Waals surface area contributed by atoms with Crippen molar-refractivity contribution in [1.29, 1.82) is 0 Å². The van der Waals surface area contributed by atoms with Crippen LogP contribution in [0.25, 0.3) is 0 Å². The van der Waals surface area contributed by atoms with Crippen molar-refractivity contribution >= 4 is 10.0 Å². The van der Waals surface area contributed by atoms with Crippen LogP contribution >= 0.6 is 0 Å². The molecule has 0 saturated carbocycles. The predicted molar refractivity (Wildman–Crippen MR) is 61.9 cm³/mol. The average Bonchev–Trinajstić information content (AvgIpc) is 2.26. The monoisotopic (exact) mass is 245 g/mol. The Morgan fingerprint density at radius 2 is 2.00 bits per heavy atom. The normalized spacial score (nSPS) is 11.6. The molecule has 90 valence electrons. The van der Waals surface area contributed by atoms with Gasteiger partial charge in [-0.1, -0.05) is 31.5 Å². The Bertz CT molecular complexity index is 431. The molecule has 1 rings (SSSR count). The Morgan fingerprint density at radius 1 is 1.31 bits per heavy atom. The van der Waals surface area contributed by atoms with Crippen molar-refractivity contribution in [2.75, 3.05) is 5.75 Å². The third-order valence-electron chi connectivity index (χ3n) is 2.21. The van der Waals surface area contributed by atoms with Crippen LogP contribution in [0, 0.1) is 5.82 Å². The summed E-state index contributed by atoms with van der Waals surface area (Å²) < 4.78 is 38.4. The smallest absolute Gasteiger partial charge is 0.211 e. The van der Waals surface area contributed by atoms with E-state index in [1.807, 2.05) is 6.92 Å². The highest BCUT2D eigenvalue weighted by molar-refractivity contribution is 7.89. The van der Waals surface area contributed by atoms with Crippen LogP contribution in [0.4, 0.5) is 4.39 Å². The minimum Gasteiger partial charge on any atom is -0.212 e. The van der Waals surface area contributed by atoms with Gasteiger partial charge in [0.05, 0.1) is 5.75 Å². The molecular formula is C11H16FNO2S. The fourth-order valence-corrected chi connectivity index (χ4v) is 2.42. The molecule has 5 heteroatoms. The molecule has 0 bridgehead atoms. The lowest BCUT2D eigenvalue weighted by atomic mass is 10.2. The van der Waals surface area contributed by atoms with Gasteiger partial charge in [-0.2, -0.15) is 0 Å². The van der Waals surface area contributed by atoms with Gasteiger partial charge in [0.1, 0.15) is 5.82 Å². The first-order chi connectivity index (χ1) is 7.55. The van der Waals surface area contributed by atoms with E-state index in [2.05, 4.69) is 4.72 Å². The maximum Gasteiger partial charge on any atom is 0.211 e. The number of benzene rings is 1. The van der Waals surface area contributed by atoms with Gasteiger partial charge in [0.15, 0.2) is 0 Å². The first-order valence-electron chi connectivity index (χ1n) is 5.26. The third-order valence-corrected chi connectivity index (χ3v) is 3.62. The zero-order chi connectivity index (χ0) is 12.0. The van der Waals surface area contributed by atoms with Crippen molar-refractivity contribution in [3.63, 3.8) is 0 Å². The third kappa shape index (κ3) is 4.28. The average molecular weight is 245 g/mol. The quantitative estimate of drug-likeness (QED) is 0.833. The van der Waals surface area contributed by atoms with Gasteiger partial charge in [-0.05, 0) is 12.5 Å². The van der Waals surface area contributed by atoms with Gasteiger partial charge in [-0.15, -0.1) is 0 Å². The van der Waals surface area contributed by atoms with Gasteiger partial charge < -0.3 is 0 Å². The van der Waals surface area contributed by atoms with Crippen molar-refractivity contribution < 1.29 is 12.8 Å².